The molecule has 0 aliphatic carbocycles. The monoisotopic (exact) mass is 278 g/mol. The molecule has 1 fully saturated rings. The van der Waals surface area contributed by atoms with Gasteiger partial charge in [-0.3, -0.25) is 4.79 Å². The van der Waals surface area contributed by atoms with E-state index in [1.165, 1.54) is 6.07 Å². The summed E-state index contributed by atoms with van der Waals surface area (Å²) in [5, 5.41) is 11.7. The Balaban J connectivity index is 1.87. The predicted octanol–water partition coefficient (Wildman–Crippen LogP) is 0.507. The number of nitrogens with two attached hydrogens (primary N) is 1. The first-order valence-corrected chi connectivity index (χ1v) is 6.55. The third-order valence-electron chi connectivity index (χ3n) is 3.30. The maximum absolute atomic E-state index is 11.9. The number of carbonyl (C=O) groups is 2. The fourth-order valence-corrected chi connectivity index (χ4v) is 2.19. The first-order chi connectivity index (χ1) is 9.60. The molecule has 6 heteroatoms. The van der Waals surface area contributed by atoms with Crippen molar-refractivity contribution in [1.82, 2.24) is 5.32 Å². The van der Waals surface area contributed by atoms with Gasteiger partial charge in [-0.2, -0.15) is 0 Å². The molecule has 0 aromatic heterocycles. The van der Waals surface area contributed by atoms with E-state index in [-0.39, 0.29) is 24.1 Å². The number of ether oxygens (including phenoxy) is 1. The molecule has 0 radical (unpaired) electrons. The van der Waals surface area contributed by atoms with Crippen LogP contribution < -0.4 is 11.1 Å². The number of carboxylic acids is 1. The zero-order chi connectivity index (χ0) is 14.5. The molecule has 1 aliphatic rings. The summed E-state index contributed by atoms with van der Waals surface area (Å²) in [6, 6.07) is 6.48. The summed E-state index contributed by atoms with van der Waals surface area (Å²) in [7, 11) is 0. The van der Waals surface area contributed by atoms with Crippen LogP contribution in [0.15, 0.2) is 24.3 Å². The highest BCUT2D eigenvalue weighted by Crippen LogP contribution is 2.19. The Morgan fingerprint density at radius 1 is 1.40 bits per heavy atom. The summed E-state index contributed by atoms with van der Waals surface area (Å²) in [6.07, 6.45) is 0.971. The van der Waals surface area contributed by atoms with Crippen molar-refractivity contribution in [3.8, 4) is 0 Å². The van der Waals surface area contributed by atoms with E-state index >= 15 is 0 Å². The van der Waals surface area contributed by atoms with E-state index < -0.39 is 12.1 Å². The SMILES string of the molecule is NCC1CCC(C(=O)NCc2cccc(C(=O)O)c2)O1. The average Bonchev–Trinajstić information content (AvgIpc) is 2.94. The van der Waals surface area contributed by atoms with Gasteiger partial charge in [-0.15, -0.1) is 0 Å². The molecule has 2 atom stereocenters. The van der Waals surface area contributed by atoms with Crippen molar-refractivity contribution in [2.75, 3.05) is 6.54 Å². The lowest BCUT2D eigenvalue weighted by atomic mass is 10.1. The molecule has 0 saturated carbocycles. The van der Waals surface area contributed by atoms with Crippen LogP contribution in [0.5, 0.6) is 0 Å². The number of rotatable bonds is 5. The van der Waals surface area contributed by atoms with Crippen LogP contribution in [0, 0.1) is 0 Å². The van der Waals surface area contributed by atoms with Gasteiger partial charge in [0.2, 0.25) is 5.91 Å². The number of amides is 1. The molecule has 1 saturated heterocycles. The second-order valence-corrected chi connectivity index (χ2v) is 4.78. The van der Waals surface area contributed by atoms with Crippen molar-refractivity contribution in [3.63, 3.8) is 0 Å². The van der Waals surface area contributed by atoms with Gasteiger partial charge >= 0.3 is 5.97 Å². The highest BCUT2D eigenvalue weighted by molar-refractivity contribution is 5.87. The van der Waals surface area contributed by atoms with Crippen LogP contribution in [0.2, 0.25) is 0 Å². The third-order valence-corrected chi connectivity index (χ3v) is 3.30. The second-order valence-electron chi connectivity index (χ2n) is 4.78. The van der Waals surface area contributed by atoms with Crippen molar-refractivity contribution >= 4 is 11.9 Å². The molecule has 0 spiro atoms. The minimum atomic E-state index is -0.983. The zero-order valence-corrected chi connectivity index (χ0v) is 11.0. The van der Waals surface area contributed by atoms with Gasteiger partial charge in [-0.25, -0.2) is 4.79 Å². The Morgan fingerprint density at radius 2 is 2.20 bits per heavy atom. The summed E-state index contributed by atoms with van der Waals surface area (Å²) in [5.74, 6) is -1.16. The van der Waals surface area contributed by atoms with Gasteiger partial charge in [-0.1, -0.05) is 12.1 Å². The molecule has 6 nitrogen and oxygen atoms in total. The van der Waals surface area contributed by atoms with E-state index in [9.17, 15) is 9.59 Å². The Labute approximate surface area is 116 Å². The van der Waals surface area contributed by atoms with Crippen LogP contribution in [-0.4, -0.2) is 35.7 Å². The van der Waals surface area contributed by atoms with Crippen molar-refractivity contribution in [1.29, 1.82) is 0 Å². The van der Waals surface area contributed by atoms with Crippen LogP contribution in [0.4, 0.5) is 0 Å². The first-order valence-electron chi connectivity index (χ1n) is 6.55. The van der Waals surface area contributed by atoms with Gasteiger partial charge in [0.05, 0.1) is 11.7 Å². The number of hydrogen-bond acceptors (Lipinski definition) is 4. The smallest absolute Gasteiger partial charge is 0.335 e. The fourth-order valence-electron chi connectivity index (χ4n) is 2.19. The van der Waals surface area contributed by atoms with Gasteiger partial charge in [0.1, 0.15) is 6.10 Å². The largest absolute Gasteiger partial charge is 0.478 e. The molecule has 2 unspecified atom stereocenters. The van der Waals surface area contributed by atoms with E-state index in [1.807, 2.05) is 0 Å². The third kappa shape index (κ3) is 3.55. The van der Waals surface area contributed by atoms with Crippen LogP contribution >= 0.6 is 0 Å². The number of carbonyl (C=O) groups excluding carboxylic acids is 1. The van der Waals surface area contributed by atoms with E-state index in [2.05, 4.69) is 5.32 Å². The Morgan fingerprint density at radius 3 is 2.85 bits per heavy atom. The van der Waals surface area contributed by atoms with Crippen molar-refractivity contribution in [2.24, 2.45) is 5.73 Å². The molecule has 2 rings (SSSR count). The standard InChI is InChI=1S/C14H18N2O4/c15-7-11-4-5-12(20-11)13(17)16-8-9-2-1-3-10(6-9)14(18)19/h1-3,6,11-12H,4-5,7-8,15H2,(H,16,17)(H,18,19). The lowest BCUT2D eigenvalue weighted by Crippen LogP contribution is -2.35. The average molecular weight is 278 g/mol. The van der Waals surface area contributed by atoms with Crippen molar-refractivity contribution in [2.45, 2.75) is 31.6 Å². The highest BCUT2D eigenvalue weighted by Gasteiger charge is 2.29. The maximum atomic E-state index is 11.9. The Kier molecular flexibility index (Phi) is 4.70. The van der Waals surface area contributed by atoms with Gasteiger partial charge in [0, 0.05) is 13.1 Å². The van der Waals surface area contributed by atoms with Crippen molar-refractivity contribution < 1.29 is 19.4 Å². The molecule has 20 heavy (non-hydrogen) atoms. The number of nitrogens with one attached hydrogen (secondary N) is 1. The molecule has 0 bridgehead atoms. The lowest BCUT2D eigenvalue weighted by Gasteiger charge is -2.12. The normalized spacial score (nSPS) is 21.6. The molecule has 1 aromatic carbocycles. The minimum Gasteiger partial charge on any atom is -0.478 e. The van der Waals surface area contributed by atoms with Crippen molar-refractivity contribution in [3.05, 3.63) is 35.4 Å². The van der Waals surface area contributed by atoms with Gasteiger partial charge in [0.15, 0.2) is 0 Å². The fraction of sp³-hybridized carbons (Fsp3) is 0.429. The quantitative estimate of drug-likeness (QED) is 0.728. The van der Waals surface area contributed by atoms with E-state index in [0.717, 1.165) is 12.0 Å². The van der Waals surface area contributed by atoms with E-state index in [4.69, 9.17) is 15.6 Å². The molecule has 1 aromatic rings. The van der Waals surface area contributed by atoms with Crippen LogP contribution in [0.25, 0.3) is 0 Å². The Bertz CT molecular complexity index is 504. The molecule has 4 N–H and O–H groups in total. The van der Waals surface area contributed by atoms with Crippen LogP contribution in [-0.2, 0) is 16.1 Å². The zero-order valence-electron chi connectivity index (χ0n) is 11.0. The lowest BCUT2D eigenvalue weighted by molar-refractivity contribution is -0.132. The van der Waals surface area contributed by atoms with Crippen LogP contribution in [0.1, 0.15) is 28.8 Å². The second kappa shape index (κ2) is 6.49. The topological polar surface area (TPSA) is 102 Å². The van der Waals surface area contributed by atoms with Crippen LogP contribution in [0.3, 0.4) is 0 Å². The predicted molar refractivity (Wildman–Crippen MR) is 72.2 cm³/mol. The summed E-state index contributed by atoms with van der Waals surface area (Å²) in [4.78, 5) is 22.8. The van der Waals surface area contributed by atoms with Gasteiger partial charge < -0.3 is 20.9 Å². The summed E-state index contributed by atoms with van der Waals surface area (Å²) < 4.78 is 5.49. The molecule has 1 aliphatic heterocycles. The summed E-state index contributed by atoms with van der Waals surface area (Å²) in [6.45, 7) is 0.706. The molecule has 1 heterocycles. The van der Waals surface area contributed by atoms with E-state index in [1.54, 1.807) is 18.2 Å². The number of aromatic carboxylic acids is 1. The molecular weight excluding hydrogens is 260 g/mol. The number of hydrogen-bond donors (Lipinski definition) is 3. The molecule has 108 valence electrons. The summed E-state index contributed by atoms with van der Waals surface area (Å²) >= 11 is 0. The number of carboxylic acid groups (broad SMARTS) is 1. The van der Waals surface area contributed by atoms with Gasteiger partial charge in [0.25, 0.3) is 0 Å². The molecule has 1 amide bonds. The minimum absolute atomic E-state index is 0.0407. The highest BCUT2D eigenvalue weighted by atomic mass is 16.5. The maximum Gasteiger partial charge on any atom is 0.335 e. The van der Waals surface area contributed by atoms with E-state index in [0.29, 0.717) is 13.0 Å². The van der Waals surface area contributed by atoms with Gasteiger partial charge in [-0.05, 0) is 30.5 Å². The first kappa shape index (κ1) is 14.5. The Hall–Kier alpha value is -1.92. The molecular formula is C14H18N2O4. The number of benzene rings is 1. The summed E-state index contributed by atoms with van der Waals surface area (Å²) in [5.41, 5.74) is 6.44.